The van der Waals surface area contributed by atoms with Crippen molar-refractivity contribution < 1.29 is 22.7 Å². The predicted molar refractivity (Wildman–Crippen MR) is 48.7 cm³/mol. The van der Waals surface area contributed by atoms with Crippen molar-refractivity contribution in [2.45, 2.75) is 13.1 Å². The van der Waals surface area contributed by atoms with Gasteiger partial charge in [-0.15, -0.1) is 0 Å². The molecule has 1 rings (SSSR count). The Morgan fingerprint density at radius 2 is 1.94 bits per heavy atom. The Hall–Kier alpha value is -1.37. The third-order valence-electron chi connectivity index (χ3n) is 1.62. The summed E-state index contributed by atoms with van der Waals surface area (Å²) in [5.74, 6) is -2.50. The summed E-state index contributed by atoms with van der Waals surface area (Å²) in [7, 11) is 1.09. The number of nitrogens with zero attached hydrogens (tertiary/aromatic N) is 2. The van der Waals surface area contributed by atoms with Crippen LogP contribution < -0.4 is 4.74 Å². The minimum atomic E-state index is -5.05. The Labute approximate surface area is 93.4 Å². The molecular formula is C8H6ClF3N2O2. The first kappa shape index (κ1) is 12.7. The highest BCUT2D eigenvalue weighted by Crippen LogP contribution is 2.30. The molecule has 0 fully saturated rings. The monoisotopic (exact) mass is 254 g/mol. The number of hydrogen-bond acceptors (Lipinski definition) is 4. The number of hydrogen-bond donors (Lipinski definition) is 0. The second kappa shape index (κ2) is 4.25. The number of halogens is 4. The van der Waals surface area contributed by atoms with Crippen molar-refractivity contribution in [2.24, 2.45) is 0 Å². The molecule has 0 aliphatic rings. The molecule has 0 radical (unpaired) electrons. The van der Waals surface area contributed by atoms with Gasteiger partial charge in [-0.2, -0.15) is 18.2 Å². The van der Waals surface area contributed by atoms with Crippen molar-refractivity contribution in [3.05, 3.63) is 16.5 Å². The number of rotatable bonds is 2. The fourth-order valence-corrected chi connectivity index (χ4v) is 1.28. The van der Waals surface area contributed by atoms with E-state index in [-0.39, 0.29) is 5.82 Å². The Kier molecular flexibility index (Phi) is 3.37. The summed E-state index contributed by atoms with van der Waals surface area (Å²) in [4.78, 5) is 18.0. The summed E-state index contributed by atoms with van der Waals surface area (Å²) >= 11 is 5.46. The van der Waals surface area contributed by atoms with Gasteiger partial charge in [0.25, 0.3) is 5.78 Å². The first-order chi connectivity index (χ1) is 7.27. The van der Waals surface area contributed by atoms with E-state index in [1.54, 1.807) is 0 Å². The van der Waals surface area contributed by atoms with Crippen LogP contribution in [0.15, 0.2) is 0 Å². The summed E-state index contributed by atoms with van der Waals surface area (Å²) < 4.78 is 41.2. The molecule has 16 heavy (non-hydrogen) atoms. The molecule has 0 bridgehead atoms. The van der Waals surface area contributed by atoms with Gasteiger partial charge in [0.2, 0.25) is 5.88 Å². The van der Waals surface area contributed by atoms with Crippen LogP contribution >= 0.6 is 11.6 Å². The van der Waals surface area contributed by atoms with Crippen LogP contribution in [-0.2, 0) is 0 Å². The van der Waals surface area contributed by atoms with E-state index in [1.807, 2.05) is 0 Å². The topological polar surface area (TPSA) is 52.1 Å². The smallest absolute Gasteiger partial charge is 0.455 e. The summed E-state index contributed by atoms with van der Waals surface area (Å²) in [5, 5.41) is -0.577. The molecule has 8 heteroatoms. The number of ether oxygens (including phenoxy) is 1. The Morgan fingerprint density at radius 3 is 2.38 bits per heavy atom. The molecule has 1 aromatic heterocycles. The maximum absolute atomic E-state index is 12.2. The van der Waals surface area contributed by atoms with Crippen LogP contribution in [0.3, 0.4) is 0 Å². The molecule has 1 heterocycles. The van der Waals surface area contributed by atoms with E-state index in [0.29, 0.717) is 0 Å². The van der Waals surface area contributed by atoms with Gasteiger partial charge in [0.05, 0.1) is 7.11 Å². The second-order valence-corrected chi connectivity index (χ2v) is 3.13. The zero-order valence-corrected chi connectivity index (χ0v) is 8.98. The first-order valence-electron chi connectivity index (χ1n) is 3.97. The third kappa shape index (κ3) is 2.41. The van der Waals surface area contributed by atoms with E-state index >= 15 is 0 Å². The summed E-state index contributed by atoms with van der Waals surface area (Å²) in [6.07, 6.45) is -5.05. The summed E-state index contributed by atoms with van der Waals surface area (Å²) in [6, 6.07) is 0. The number of carbonyl (C=O) groups excluding carboxylic acids is 1. The van der Waals surface area contributed by atoms with Crippen LogP contribution in [0.2, 0.25) is 5.15 Å². The van der Waals surface area contributed by atoms with Crippen molar-refractivity contribution in [1.82, 2.24) is 9.97 Å². The SMILES string of the molecule is COc1nc(C)nc(Cl)c1C(=O)C(F)(F)F. The molecule has 0 spiro atoms. The molecule has 0 saturated carbocycles. The minimum Gasteiger partial charge on any atom is -0.480 e. The number of alkyl halides is 3. The first-order valence-corrected chi connectivity index (χ1v) is 4.34. The summed E-state index contributed by atoms with van der Waals surface area (Å²) in [5.41, 5.74) is -0.873. The van der Waals surface area contributed by atoms with Crippen LogP contribution in [0.1, 0.15) is 16.2 Å². The van der Waals surface area contributed by atoms with E-state index in [1.165, 1.54) is 6.92 Å². The molecule has 0 aliphatic carbocycles. The average Bonchev–Trinajstić information content (AvgIpc) is 2.14. The van der Waals surface area contributed by atoms with Crippen LogP contribution in [0.5, 0.6) is 5.88 Å². The highest BCUT2D eigenvalue weighted by molar-refractivity contribution is 6.33. The van der Waals surface area contributed by atoms with Gasteiger partial charge in [0.1, 0.15) is 16.5 Å². The van der Waals surface area contributed by atoms with Gasteiger partial charge < -0.3 is 4.74 Å². The number of methoxy groups -OCH3 is 1. The highest BCUT2D eigenvalue weighted by Gasteiger charge is 2.43. The van der Waals surface area contributed by atoms with E-state index < -0.39 is 28.6 Å². The molecule has 0 unspecified atom stereocenters. The van der Waals surface area contributed by atoms with Crippen molar-refractivity contribution in [3.63, 3.8) is 0 Å². The van der Waals surface area contributed by atoms with Crippen molar-refractivity contribution >= 4 is 17.4 Å². The van der Waals surface area contributed by atoms with Gasteiger partial charge in [-0.1, -0.05) is 11.6 Å². The molecule has 1 aromatic rings. The highest BCUT2D eigenvalue weighted by atomic mass is 35.5. The number of aryl methyl sites for hydroxylation is 1. The third-order valence-corrected chi connectivity index (χ3v) is 1.89. The maximum Gasteiger partial charge on any atom is 0.455 e. The van der Waals surface area contributed by atoms with E-state index in [9.17, 15) is 18.0 Å². The van der Waals surface area contributed by atoms with Crippen LogP contribution in [0.25, 0.3) is 0 Å². The van der Waals surface area contributed by atoms with E-state index in [0.717, 1.165) is 7.11 Å². The fraction of sp³-hybridized carbons (Fsp3) is 0.375. The average molecular weight is 255 g/mol. The lowest BCUT2D eigenvalue weighted by molar-refractivity contribution is -0.0887. The molecule has 0 N–H and O–H groups in total. The molecule has 0 saturated heterocycles. The Morgan fingerprint density at radius 1 is 1.38 bits per heavy atom. The zero-order chi connectivity index (χ0) is 12.5. The largest absolute Gasteiger partial charge is 0.480 e. The van der Waals surface area contributed by atoms with Crippen LogP contribution in [0, 0.1) is 6.92 Å². The van der Waals surface area contributed by atoms with Crippen molar-refractivity contribution in [3.8, 4) is 5.88 Å². The number of aromatic nitrogens is 2. The van der Waals surface area contributed by atoms with Gasteiger partial charge in [0.15, 0.2) is 0 Å². The van der Waals surface area contributed by atoms with Gasteiger partial charge in [-0.05, 0) is 6.92 Å². The van der Waals surface area contributed by atoms with E-state index in [4.69, 9.17) is 11.6 Å². The predicted octanol–water partition coefficient (Wildman–Crippen LogP) is 2.19. The normalized spacial score (nSPS) is 11.4. The standard InChI is InChI=1S/C8H6ClF3N2O2/c1-3-13-6(9)4(7(14-3)16-2)5(15)8(10,11)12/h1-2H3. The molecule has 0 aromatic carbocycles. The van der Waals surface area contributed by atoms with Gasteiger partial charge in [-0.3, -0.25) is 4.79 Å². The molecule has 0 amide bonds. The lowest BCUT2D eigenvalue weighted by Gasteiger charge is -2.10. The molecular weight excluding hydrogens is 249 g/mol. The van der Waals surface area contributed by atoms with E-state index in [2.05, 4.69) is 14.7 Å². The number of carbonyl (C=O) groups is 1. The Bertz CT molecular complexity index is 434. The second-order valence-electron chi connectivity index (χ2n) is 2.77. The maximum atomic E-state index is 12.2. The lowest BCUT2D eigenvalue weighted by atomic mass is 10.2. The molecule has 0 aliphatic heterocycles. The Balaban J connectivity index is 3.38. The molecule has 0 atom stereocenters. The zero-order valence-electron chi connectivity index (χ0n) is 8.22. The number of ketones is 1. The lowest BCUT2D eigenvalue weighted by Crippen LogP contribution is -2.24. The quantitative estimate of drug-likeness (QED) is 0.600. The molecule has 4 nitrogen and oxygen atoms in total. The minimum absolute atomic E-state index is 0.112. The van der Waals surface area contributed by atoms with Crippen LogP contribution in [-0.4, -0.2) is 29.0 Å². The molecule has 88 valence electrons. The number of Topliss-reactive ketones (excluding diaryl/α,β-unsaturated/α-hetero) is 1. The summed E-state index contributed by atoms with van der Waals surface area (Å²) in [6.45, 7) is 1.41. The van der Waals surface area contributed by atoms with Gasteiger partial charge in [-0.25, -0.2) is 4.98 Å². The van der Waals surface area contributed by atoms with Crippen molar-refractivity contribution in [2.75, 3.05) is 7.11 Å². The van der Waals surface area contributed by atoms with Gasteiger partial charge in [0, 0.05) is 0 Å². The fourth-order valence-electron chi connectivity index (χ4n) is 0.994. The van der Waals surface area contributed by atoms with Crippen LogP contribution in [0.4, 0.5) is 13.2 Å². The van der Waals surface area contributed by atoms with Gasteiger partial charge >= 0.3 is 6.18 Å². The van der Waals surface area contributed by atoms with Crippen molar-refractivity contribution in [1.29, 1.82) is 0 Å².